The molecule has 1 atom stereocenters. The van der Waals surface area contributed by atoms with E-state index >= 15 is 0 Å². The molecule has 3 N–H and O–H groups in total. The third kappa shape index (κ3) is 2.52. The highest BCUT2D eigenvalue weighted by atomic mass is 35.5. The maximum atomic E-state index is 11.1. The average Bonchev–Trinajstić information content (AvgIpc) is 2.76. The van der Waals surface area contributed by atoms with Crippen LogP contribution in [-0.2, 0) is 4.79 Å². The molecule has 7 nitrogen and oxygen atoms in total. The van der Waals surface area contributed by atoms with Gasteiger partial charge in [0.1, 0.15) is 11.2 Å². The molecule has 1 aromatic carbocycles. The lowest BCUT2D eigenvalue weighted by Gasteiger charge is -2.21. The third-order valence-electron chi connectivity index (χ3n) is 3.28. The van der Waals surface area contributed by atoms with E-state index in [9.17, 15) is 14.9 Å². The summed E-state index contributed by atoms with van der Waals surface area (Å²) in [5, 5.41) is 20.4. The van der Waals surface area contributed by atoms with Crippen LogP contribution in [-0.4, -0.2) is 34.6 Å². The zero-order valence-electron chi connectivity index (χ0n) is 10.2. The molecule has 0 bridgehead atoms. The molecule has 0 aliphatic carbocycles. The Labute approximate surface area is 124 Å². The van der Waals surface area contributed by atoms with Gasteiger partial charge in [0.15, 0.2) is 0 Å². The van der Waals surface area contributed by atoms with E-state index in [4.69, 9.17) is 34.0 Å². The van der Waals surface area contributed by atoms with Crippen molar-refractivity contribution in [3.05, 3.63) is 32.3 Å². The van der Waals surface area contributed by atoms with E-state index < -0.39 is 16.4 Å². The molecule has 0 amide bonds. The highest BCUT2D eigenvalue weighted by Gasteiger charge is 2.42. The standard InChI is InChI=1S/C11H11Cl2N3O4/c12-6-3-8(9(16(19)20)4-7(6)13)15-2-1-11(14,5-15)10(17)18/h3-4H,1-2,5,14H2,(H,17,18). The Morgan fingerprint density at radius 1 is 1.45 bits per heavy atom. The van der Waals surface area contributed by atoms with Crippen molar-refractivity contribution in [2.24, 2.45) is 5.73 Å². The van der Waals surface area contributed by atoms with Crippen LogP contribution in [0, 0.1) is 10.1 Å². The molecule has 1 unspecified atom stereocenters. The zero-order valence-corrected chi connectivity index (χ0v) is 11.7. The number of benzene rings is 1. The molecule has 1 aromatic rings. The Morgan fingerprint density at radius 3 is 2.55 bits per heavy atom. The number of carboxylic acids is 1. The molecule has 108 valence electrons. The summed E-state index contributed by atoms with van der Waals surface area (Å²) in [5.41, 5.74) is 4.33. The number of rotatable bonds is 3. The number of nitro groups is 1. The van der Waals surface area contributed by atoms with Gasteiger partial charge in [-0.3, -0.25) is 14.9 Å². The molecule has 0 spiro atoms. The fourth-order valence-electron chi connectivity index (χ4n) is 2.14. The van der Waals surface area contributed by atoms with Gasteiger partial charge >= 0.3 is 5.97 Å². The predicted octanol–water partition coefficient (Wildman–Crippen LogP) is 1.89. The van der Waals surface area contributed by atoms with Crippen LogP contribution in [0.2, 0.25) is 10.0 Å². The molecule has 1 heterocycles. The van der Waals surface area contributed by atoms with Gasteiger partial charge in [0.25, 0.3) is 5.69 Å². The van der Waals surface area contributed by atoms with Gasteiger partial charge in [-0.05, 0) is 12.5 Å². The summed E-state index contributed by atoms with van der Waals surface area (Å²) < 4.78 is 0. The average molecular weight is 320 g/mol. The number of nitrogens with two attached hydrogens (primary N) is 1. The molecule has 0 aromatic heterocycles. The van der Waals surface area contributed by atoms with Gasteiger partial charge in [0, 0.05) is 19.2 Å². The third-order valence-corrected chi connectivity index (χ3v) is 4.00. The summed E-state index contributed by atoms with van der Waals surface area (Å²) in [7, 11) is 0. The molecule has 1 saturated heterocycles. The smallest absolute Gasteiger partial charge is 0.325 e. The van der Waals surface area contributed by atoms with Crippen molar-refractivity contribution in [3.63, 3.8) is 0 Å². The first-order valence-corrected chi connectivity index (χ1v) is 6.41. The summed E-state index contributed by atoms with van der Waals surface area (Å²) in [6.07, 6.45) is 0.194. The molecular formula is C11H11Cl2N3O4. The molecule has 0 saturated carbocycles. The Balaban J connectivity index is 2.42. The lowest BCUT2D eigenvalue weighted by atomic mass is 10.0. The Bertz CT molecular complexity index is 595. The van der Waals surface area contributed by atoms with E-state index in [1.165, 1.54) is 11.0 Å². The van der Waals surface area contributed by atoms with Crippen molar-refractivity contribution in [1.29, 1.82) is 0 Å². The van der Waals surface area contributed by atoms with Crippen molar-refractivity contribution in [3.8, 4) is 0 Å². The first-order valence-electron chi connectivity index (χ1n) is 5.65. The number of anilines is 1. The minimum atomic E-state index is -1.42. The van der Waals surface area contributed by atoms with Crippen molar-refractivity contribution in [2.75, 3.05) is 18.0 Å². The monoisotopic (exact) mass is 319 g/mol. The summed E-state index contributed by atoms with van der Waals surface area (Å²) in [5.74, 6) is -1.14. The number of nitrogens with zero attached hydrogens (tertiary/aromatic N) is 2. The Hall–Kier alpha value is -1.57. The van der Waals surface area contributed by atoms with E-state index in [0.717, 1.165) is 6.07 Å². The van der Waals surface area contributed by atoms with Crippen LogP contribution in [0.1, 0.15) is 6.42 Å². The Morgan fingerprint density at radius 2 is 2.05 bits per heavy atom. The van der Waals surface area contributed by atoms with Gasteiger partial charge in [-0.15, -0.1) is 0 Å². The fourth-order valence-corrected chi connectivity index (χ4v) is 2.45. The number of nitro benzene ring substituents is 1. The quantitative estimate of drug-likeness (QED) is 0.650. The summed E-state index contributed by atoms with van der Waals surface area (Å²) >= 11 is 11.6. The van der Waals surface area contributed by atoms with E-state index in [0.29, 0.717) is 6.54 Å². The molecule has 20 heavy (non-hydrogen) atoms. The largest absolute Gasteiger partial charge is 0.480 e. The second-order valence-electron chi connectivity index (χ2n) is 4.64. The second-order valence-corrected chi connectivity index (χ2v) is 5.46. The molecule has 1 fully saturated rings. The highest BCUT2D eigenvalue weighted by molar-refractivity contribution is 6.42. The normalized spacial score (nSPS) is 22.1. The van der Waals surface area contributed by atoms with Gasteiger partial charge in [-0.1, -0.05) is 23.2 Å². The van der Waals surface area contributed by atoms with Gasteiger partial charge < -0.3 is 15.7 Å². The van der Waals surface area contributed by atoms with Crippen LogP contribution in [0.15, 0.2) is 12.1 Å². The maximum absolute atomic E-state index is 11.1. The molecule has 1 aliphatic rings. The van der Waals surface area contributed by atoms with Crippen molar-refractivity contribution in [2.45, 2.75) is 12.0 Å². The van der Waals surface area contributed by atoms with Crippen molar-refractivity contribution in [1.82, 2.24) is 0 Å². The van der Waals surface area contributed by atoms with Gasteiger partial charge in [0.05, 0.1) is 15.0 Å². The molecule has 2 rings (SSSR count). The van der Waals surface area contributed by atoms with Crippen LogP contribution in [0.25, 0.3) is 0 Å². The topological polar surface area (TPSA) is 110 Å². The summed E-state index contributed by atoms with van der Waals surface area (Å²) in [6, 6.07) is 2.51. The molecular weight excluding hydrogens is 309 g/mol. The van der Waals surface area contributed by atoms with Crippen LogP contribution in [0.5, 0.6) is 0 Å². The minimum absolute atomic E-state index is 0.0267. The minimum Gasteiger partial charge on any atom is -0.480 e. The molecule has 1 aliphatic heterocycles. The lowest BCUT2D eigenvalue weighted by molar-refractivity contribution is -0.384. The number of carboxylic acid groups (broad SMARTS) is 1. The second kappa shape index (κ2) is 5.08. The number of hydrogen-bond donors (Lipinski definition) is 2. The van der Waals surface area contributed by atoms with Crippen LogP contribution in [0.3, 0.4) is 0 Å². The van der Waals surface area contributed by atoms with E-state index in [2.05, 4.69) is 0 Å². The first-order chi connectivity index (χ1) is 9.24. The summed E-state index contributed by atoms with van der Waals surface area (Å²) in [6.45, 7) is 0.267. The van der Waals surface area contributed by atoms with Crippen molar-refractivity contribution < 1.29 is 14.8 Å². The molecule has 0 radical (unpaired) electrons. The van der Waals surface area contributed by atoms with Crippen LogP contribution >= 0.6 is 23.2 Å². The number of carbonyl (C=O) groups is 1. The predicted molar refractivity (Wildman–Crippen MR) is 74.5 cm³/mol. The van der Waals surface area contributed by atoms with E-state index in [-0.39, 0.29) is 34.4 Å². The maximum Gasteiger partial charge on any atom is 0.325 e. The highest BCUT2D eigenvalue weighted by Crippen LogP contribution is 2.38. The number of halogens is 2. The van der Waals surface area contributed by atoms with Gasteiger partial charge in [-0.2, -0.15) is 0 Å². The summed E-state index contributed by atoms with van der Waals surface area (Å²) in [4.78, 5) is 23.1. The van der Waals surface area contributed by atoms with Crippen molar-refractivity contribution >= 4 is 40.5 Å². The van der Waals surface area contributed by atoms with E-state index in [1.807, 2.05) is 0 Å². The fraction of sp³-hybridized carbons (Fsp3) is 0.364. The van der Waals surface area contributed by atoms with Gasteiger partial charge in [-0.25, -0.2) is 0 Å². The Kier molecular flexibility index (Phi) is 3.77. The number of hydrogen-bond acceptors (Lipinski definition) is 5. The SMILES string of the molecule is NC1(C(=O)O)CCN(c2cc(Cl)c(Cl)cc2[N+](=O)[O-])C1. The molecule has 9 heteroatoms. The lowest BCUT2D eigenvalue weighted by Crippen LogP contribution is -2.50. The first kappa shape index (κ1) is 14.8. The zero-order chi connectivity index (χ0) is 15.1. The van der Waals surface area contributed by atoms with Gasteiger partial charge in [0.2, 0.25) is 0 Å². The van der Waals surface area contributed by atoms with Crippen LogP contribution < -0.4 is 10.6 Å². The van der Waals surface area contributed by atoms with E-state index in [1.54, 1.807) is 0 Å². The van der Waals surface area contributed by atoms with Crippen LogP contribution in [0.4, 0.5) is 11.4 Å². The number of aliphatic carboxylic acids is 1.